The fraction of sp³-hybridized carbons (Fsp3) is 0.917. The standard InChI is InChI=1S/C12H24N2O3/c1-10-3-5-14(6-4-10)8-11(15)7-13-12(16)9-17-2/h10-11,15H,3-9H2,1-2H3,(H,13,16). The summed E-state index contributed by atoms with van der Waals surface area (Å²) in [5.74, 6) is 0.614. The number of nitrogens with one attached hydrogen (secondary N) is 1. The smallest absolute Gasteiger partial charge is 0.246 e. The van der Waals surface area contributed by atoms with E-state index < -0.39 is 6.10 Å². The third kappa shape index (κ3) is 6.00. The Morgan fingerprint density at radius 1 is 1.53 bits per heavy atom. The first-order valence-electron chi connectivity index (χ1n) is 6.28. The highest BCUT2D eigenvalue weighted by Gasteiger charge is 2.18. The first kappa shape index (κ1) is 14.4. The van der Waals surface area contributed by atoms with Gasteiger partial charge in [-0.15, -0.1) is 0 Å². The predicted octanol–water partition coefficient (Wildman–Crippen LogP) is -0.158. The van der Waals surface area contributed by atoms with Crippen LogP contribution >= 0.6 is 0 Å². The molecule has 1 unspecified atom stereocenters. The normalized spacial score (nSPS) is 20.2. The molecule has 0 spiro atoms. The highest BCUT2D eigenvalue weighted by atomic mass is 16.5. The average Bonchev–Trinajstić information content (AvgIpc) is 2.30. The van der Waals surface area contributed by atoms with Crippen molar-refractivity contribution in [2.75, 3.05) is 39.9 Å². The summed E-state index contributed by atoms with van der Waals surface area (Å²) >= 11 is 0. The van der Waals surface area contributed by atoms with Crippen LogP contribution in [0.3, 0.4) is 0 Å². The summed E-state index contributed by atoms with van der Waals surface area (Å²) < 4.78 is 4.69. The number of hydrogen-bond acceptors (Lipinski definition) is 4. The van der Waals surface area contributed by atoms with Gasteiger partial charge in [0.2, 0.25) is 5.91 Å². The number of nitrogens with zero attached hydrogens (tertiary/aromatic N) is 1. The minimum Gasteiger partial charge on any atom is -0.390 e. The van der Waals surface area contributed by atoms with Crippen molar-refractivity contribution in [1.82, 2.24) is 10.2 Å². The van der Waals surface area contributed by atoms with E-state index in [0.29, 0.717) is 13.1 Å². The van der Waals surface area contributed by atoms with Crippen LogP contribution in [0.4, 0.5) is 0 Å². The first-order chi connectivity index (χ1) is 8.11. The molecule has 17 heavy (non-hydrogen) atoms. The molecule has 1 aliphatic heterocycles. The molecule has 1 amide bonds. The van der Waals surface area contributed by atoms with Crippen LogP contribution in [-0.2, 0) is 9.53 Å². The third-order valence-corrected chi connectivity index (χ3v) is 3.16. The van der Waals surface area contributed by atoms with E-state index in [1.165, 1.54) is 20.0 Å². The fourth-order valence-electron chi connectivity index (χ4n) is 2.02. The Morgan fingerprint density at radius 3 is 2.76 bits per heavy atom. The molecule has 0 radical (unpaired) electrons. The van der Waals surface area contributed by atoms with Crippen LogP contribution in [0.5, 0.6) is 0 Å². The Kier molecular flexibility index (Phi) is 6.47. The zero-order valence-corrected chi connectivity index (χ0v) is 10.8. The maximum atomic E-state index is 11.1. The molecular weight excluding hydrogens is 220 g/mol. The Balaban J connectivity index is 2.12. The largest absolute Gasteiger partial charge is 0.390 e. The van der Waals surface area contributed by atoms with Crippen LogP contribution in [0.15, 0.2) is 0 Å². The van der Waals surface area contributed by atoms with Crippen molar-refractivity contribution < 1.29 is 14.6 Å². The molecule has 5 heteroatoms. The molecule has 1 atom stereocenters. The number of β-amino-alcohol motifs (C(OH)–C–C–N with tert-alkyl or cyclic N) is 1. The van der Waals surface area contributed by atoms with Gasteiger partial charge in [-0.3, -0.25) is 4.79 Å². The predicted molar refractivity (Wildman–Crippen MR) is 65.7 cm³/mol. The van der Waals surface area contributed by atoms with Crippen LogP contribution in [0.2, 0.25) is 0 Å². The van der Waals surface area contributed by atoms with E-state index >= 15 is 0 Å². The van der Waals surface area contributed by atoms with E-state index in [4.69, 9.17) is 4.74 Å². The van der Waals surface area contributed by atoms with Crippen molar-refractivity contribution in [3.05, 3.63) is 0 Å². The molecule has 5 nitrogen and oxygen atoms in total. The topological polar surface area (TPSA) is 61.8 Å². The number of aliphatic hydroxyl groups is 1. The molecule has 0 aromatic carbocycles. The van der Waals surface area contributed by atoms with Crippen molar-refractivity contribution in [3.63, 3.8) is 0 Å². The number of rotatable bonds is 6. The Bertz CT molecular complexity index is 228. The molecule has 1 aliphatic rings. The molecule has 0 aromatic rings. The van der Waals surface area contributed by atoms with Crippen LogP contribution in [0, 0.1) is 5.92 Å². The van der Waals surface area contributed by atoms with E-state index in [0.717, 1.165) is 19.0 Å². The SMILES string of the molecule is COCC(=O)NCC(O)CN1CCC(C)CC1. The monoisotopic (exact) mass is 244 g/mol. The number of hydrogen-bond donors (Lipinski definition) is 2. The number of amides is 1. The van der Waals surface area contributed by atoms with Gasteiger partial charge in [0, 0.05) is 20.2 Å². The van der Waals surface area contributed by atoms with Gasteiger partial charge in [0.1, 0.15) is 6.61 Å². The van der Waals surface area contributed by atoms with Gasteiger partial charge in [0.25, 0.3) is 0 Å². The Hall–Kier alpha value is -0.650. The Labute approximate surface area is 103 Å². The minimum absolute atomic E-state index is 0.0496. The molecule has 2 N–H and O–H groups in total. The van der Waals surface area contributed by atoms with Crippen LogP contribution in [0.1, 0.15) is 19.8 Å². The number of aliphatic hydroxyl groups excluding tert-OH is 1. The molecule has 1 saturated heterocycles. The zero-order chi connectivity index (χ0) is 12.7. The summed E-state index contributed by atoms with van der Waals surface area (Å²) in [6.45, 7) is 5.34. The molecule has 0 bridgehead atoms. The van der Waals surface area contributed by atoms with Gasteiger partial charge in [0.15, 0.2) is 0 Å². The zero-order valence-electron chi connectivity index (χ0n) is 10.8. The molecule has 1 fully saturated rings. The average molecular weight is 244 g/mol. The lowest BCUT2D eigenvalue weighted by Gasteiger charge is -2.31. The fourth-order valence-corrected chi connectivity index (χ4v) is 2.02. The second kappa shape index (κ2) is 7.63. The lowest BCUT2D eigenvalue weighted by atomic mass is 9.99. The van der Waals surface area contributed by atoms with Gasteiger partial charge in [-0.1, -0.05) is 6.92 Å². The van der Waals surface area contributed by atoms with Gasteiger partial charge in [-0.05, 0) is 31.8 Å². The number of carbonyl (C=O) groups excluding carboxylic acids is 1. The maximum Gasteiger partial charge on any atom is 0.246 e. The van der Waals surface area contributed by atoms with Gasteiger partial charge < -0.3 is 20.1 Å². The third-order valence-electron chi connectivity index (χ3n) is 3.16. The van der Waals surface area contributed by atoms with Crippen LogP contribution in [0.25, 0.3) is 0 Å². The number of piperidine rings is 1. The number of carbonyl (C=O) groups is 1. The molecule has 0 aromatic heterocycles. The highest BCUT2D eigenvalue weighted by Crippen LogP contribution is 2.15. The van der Waals surface area contributed by atoms with E-state index in [1.807, 2.05) is 0 Å². The molecular formula is C12H24N2O3. The van der Waals surface area contributed by atoms with E-state index in [1.54, 1.807) is 0 Å². The molecule has 0 saturated carbocycles. The van der Waals surface area contributed by atoms with Gasteiger partial charge >= 0.3 is 0 Å². The second-order valence-corrected chi connectivity index (χ2v) is 4.87. The summed E-state index contributed by atoms with van der Waals surface area (Å²) in [5, 5.41) is 12.4. The first-order valence-corrected chi connectivity index (χ1v) is 6.28. The quantitative estimate of drug-likeness (QED) is 0.682. The van der Waals surface area contributed by atoms with Crippen LogP contribution in [-0.4, -0.2) is 61.9 Å². The molecule has 0 aliphatic carbocycles. The summed E-state index contributed by atoms with van der Waals surface area (Å²) in [7, 11) is 1.48. The van der Waals surface area contributed by atoms with Gasteiger partial charge in [-0.25, -0.2) is 0 Å². The highest BCUT2D eigenvalue weighted by molar-refractivity contribution is 5.77. The van der Waals surface area contributed by atoms with Crippen molar-refractivity contribution in [2.45, 2.75) is 25.9 Å². The van der Waals surface area contributed by atoms with E-state index in [9.17, 15) is 9.90 Å². The Morgan fingerprint density at radius 2 is 2.18 bits per heavy atom. The number of ether oxygens (including phenoxy) is 1. The maximum absolute atomic E-state index is 11.1. The van der Waals surface area contributed by atoms with E-state index in [-0.39, 0.29) is 12.5 Å². The van der Waals surface area contributed by atoms with Crippen molar-refractivity contribution in [3.8, 4) is 0 Å². The van der Waals surface area contributed by atoms with Crippen molar-refractivity contribution in [2.24, 2.45) is 5.92 Å². The van der Waals surface area contributed by atoms with Crippen molar-refractivity contribution >= 4 is 5.91 Å². The van der Waals surface area contributed by atoms with Crippen molar-refractivity contribution in [1.29, 1.82) is 0 Å². The lowest BCUT2D eigenvalue weighted by molar-refractivity contribution is -0.125. The summed E-state index contributed by atoms with van der Waals surface area (Å²) in [4.78, 5) is 13.4. The number of methoxy groups -OCH3 is 1. The molecule has 1 rings (SSSR count). The summed E-state index contributed by atoms with van der Waals surface area (Å²) in [6, 6.07) is 0. The number of likely N-dealkylation sites (tertiary alicyclic amines) is 1. The minimum atomic E-state index is -0.496. The molecule has 1 heterocycles. The van der Waals surface area contributed by atoms with E-state index in [2.05, 4.69) is 17.1 Å². The summed E-state index contributed by atoms with van der Waals surface area (Å²) in [6.07, 6.45) is 1.90. The molecule has 100 valence electrons. The van der Waals surface area contributed by atoms with Gasteiger partial charge in [-0.2, -0.15) is 0 Å². The van der Waals surface area contributed by atoms with Crippen LogP contribution < -0.4 is 5.32 Å². The lowest BCUT2D eigenvalue weighted by Crippen LogP contribution is -2.43. The second-order valence-electron chi connectivity index (χ2n) is 4.87. The summed E-state index contributed by atoms with van der Waals surface area (Å²) in [5.41, 5.74) is 0. The van der Waals surface area contributed by atoms with Gasteiger partial charge in [0.05, 0.1) is 6.10 Å².